The fraction of sp³-hybridized carbons (Fsp3) is 0.765. The van der Waals surface area contributed by atoms with Crippen molar-refractivity contribution in [2.45, 2.75) is 82.8 Å². The molecule has 2 fully saturated rings. The fourth-order valence-electron chi connectivity index (χ4n) is 3.39. The Labute approximate surface area is 147 Å². The van der Waals surface area contributed by atoms with Crippen molar-refractivity contribution in [2.24, 2.45) is 0 Å². The molecule has 2 aliphatic rings. The molecule has 138 valence electrons. The van der Waals surface area contributed by atoms with Crippen molar-refractivity contribution in [3.8, 4) is 0 Å². The Kier molecular flexibility index (Phi) is 4.47. The van der Waals surface area contributed by atoms with Crippen molar-refractivity contribution in [2.75, 3.05) is 0 Å². The Morgan fingerprint density at radius 2 is 2.12 bits per heavy atom. The van der Waals surface area contributed by atoms with E-state index in [2.05, 4.69) is 26.1 Å². The summed E-state index contributed by atoms with van der Waals surface area (Å²) < 4.78 is 5.27. The molecule has 1 spiro atoms. The lowest BCUT2D eigenvalue weighted by atomic mass is 9.68. The zero-order valence-corrected chi connectivity index (χ0v) is 15.3. The number of aromatic nitrogens is 2. The molecule has 3 N–H and O–H groups in total. The molecule has 1 aromatic heterocycles. The highest BCUT2D eigenvalue weighted by Gasteiger charge is 2.48. The number of carbonyl (C=O) groups excluding carboxylic acids is 2. The van der Waals surface area contributed by atoms with Crippen molar-refractivity contribution >= 4 is 11.9 Å². The van der Waals surface area contributed by atoms with Gasteiger partial charge in [-0.15, -0.1) is 0 Å². The molecule has 3 rings (SSSR count). The largest absolute Gasteiger partial charge is 0.349 e. The van der Waals surface area contributed by atoms with Gasteiger partial charge in [-0.25, -0.2) is 4.79 Å². The summed E-state index contributed by atoms with van der Waals surface area (Å²) in [5, 5.41) is 12.9. The third-order valence-electron chi connectivity index (χ3n) is 5.10. The van der Waals surface area contributed by atoms with Crippen LogP contribution in [0.15, 0.2) is 4.52 Å². The maximum absolute atomic E-state index is 12.4. The number of carbonyl (C=O) groups is 2. The molecule has 2 heterocycles. The van der Waals surface area contributed by atoms with Crippen LogP contribution in [0.25, 0.3) is 0 Å². The van der Waals surface area contributed by atoms with Gasteiger partial charge in [0.2, 0.25) is 11.8 Å². The Balaban J connectivity index is 1.58. The first-order valence-corrected chi connectivity index (χ1v) is 8.92. The molecule has 1 saturated heterocycles. The highest BCUT2D eigenvalue weighted by Crippen LogP contribution is 2.38. The number of urea groups is 1. The zero-order valence-electron chi connectivity index (χ0n) is 15.3. The van der Waals surface area contributed by atoms with Crippen LogP contribution in [0.4, 0.5) is 4.79 Å². The average Bonchev–Trinajstić information content (AvgIpc) is 2.97. The van der Waals surface area contributed by atoms with Crippen LogP contribution in [0.3, 0.4) is 0 Å². The first kappa shape index (κ1) is 17.7. The number of nitrogens with zero attached hydrogens (tertiary/aromatic N) is 2. The molecule has 8 heteroatoms. The van der Waals surface area contributed by atoms with Crippen molar-refractivity contribution < 1.29 is 14.1 Å². The lowest BCUT2D eigenvalue weighted by Crippen LogP contribution is -2.69. The first-order chi connectivity index (χ1) is 11.7. The molecule has 0 bridgehead atoms. The van der Waals surface area contributed by atoms with Crippen LogP contribution in [0.1, 0.15) is 77.6 Å². The lowest BCUT2D eigenvalue weighted by Gasteiger charge is -2.50. The minimum Gasteiger partial charge on any atom is -0.349 e. The van der Waals surface area contributed by atoms with E-state index in [4.69, 9.17) is 4.52 Å². The number of hydrogen-bond donors (Lipinski definition) is 3. The number of amides is 3. The summed E-state index contributed by atoms with van der Waals surface area (Å²) in [4.78, 5) is 28.4. The molecule has 8 nitrogen and oxygen atoms in total. The topological polar surface area (TPSA) is 109 Å². The van der Waals surface area contributed by atoms with E-state index in [1.54, 1.807) is 6.92 Å². The maximum atomic E-state index is 12.4. The SMILES string of the molecule is C[C@@H](NC(=O)N[C@@H]1CCC(=O)NC12CCC2)c1nc(C(C)(C)C)no1. The Bertz CT molecular complexity index is 659. The van der Waals surface area contributed by atoms with Crippen LogP contribution in [0.5, 0.6) is 0 Å². The van der Waals surface area contributed by atoms with Gasteiger partial charge in [-0.05, 0) is 32.6 Å². The van der Waals surface area contributed by atoms with Crippen molar-refractivity contribution in [1.29, 1.82) is 0 Å². The molecule has 3 amide bonds. The van der Waals surface area contributed by atoms with Gasteiger partial charge in [0.15, 0.2) is 5.82 Å². The normalized spacial score (nSPS) is 23.5. The van der Waals surface area contributed by atoms with Gasteiger partial charge < -0.3 is 20.5 Å². The second kappa shape index (κ2) is 6.31. The van der Waals surface area contributed by atoms with Crippen LogP contribution < -0.4 is 16.0 Å². The standard InChI is InChI=1S/C17H27N5O3/c1-10(13-20-14(22-25-13)16(2,3)4)18-15(24)19-11-6-7-12(23)21-17(11)8-5-9-17/h10-11H,5-9H2,1-4H3,(H,21,23)(H2,18,19,24)/t10-,11-/m1/s1. The van der Waals surface area contributed by atoms with E-state index in [0.29, 0.717) is 24.6 Å². The summed E-state index contributed by atoms with van der Waals surface area (Å²) in [6, 6.07) is -0.714. The van der Waals surface area contributed by atoms with Crippen molar-refractivity contribution in [3.63, 3.8) is 0 Å². The molecular formula is C17H27N5O3. The highest BCUT2D eigenvalue weighted by atomic mass is 16.5. The second-order valence-corrected chi connectivity index (χ2v) is 8.19. The zero-order chi connectivity index (χ0) is 18.2. The predicted octanol–water partition coefficient (Wildman–Crippen LogP) is 1.93. The summed E-state index contributed by atoms with van der Waals surface area (Å²) in [7, 11) is 0. The van der Waals surface area contributed by atoms with Gasteiger partial charge in [-0.3, -0.25) is 4.79 Å². The summed E-state index contributed by atoms with van der Waals surface area (Å²) >= 11 is 0. The van der Waals surface area contributed by atoms with Crippen LogP contribution in [-0.2, 0) is 10.2 Å². The third-order valence-corrected chi connectivity index (χ3v) is 5.10. The van der Waals surface area contributed by atoms with E-state index in [0.717, 1.165) is 19.3 Å². The number of hydrogen-bond acceptors (Lipinski definition) is 5. The summed E-state index contributed by atoms with van der Waals surface area (Å²) in [6.45, 7) is 7.81. The minimum absolute atomic E-state index is 0.0426. The van der Waals surface area contributed by atoms with E-state index < -0.39 is 0 Å². The van der Waals surface area contributed by atoms with Gasteiger partial charge >= 0.3 is 6.03 Å². The predicted molar refractivity (Wildman–Crippen MR) is 90.8 cm³/mol. The molecule has 0 unspecified atom stereocenters. The summed E-state index contributed by atoms with van der Waals surface area (Å²) in [5.74, 6) is 1.07. The first-order valence-electron chi connectivity index (χ1n) is 8.92. The van der Waals surface area contributed by atoms with Crippen LogP contribution in [0.2, 0.25) is 0 Å². The number of rotatable bonds is 3. The fourth-order valence-corrected chi connectivity index (χ4v) is 3.39. The van der Waals surface area contributed by atoms with E-state index in [-0.39, 0.29) is 35.0 Å². The number of piperidine rings is 1. The van der Waals surface area contributed by atoms with Crippen molar-refractivity contribution in [1.82, 2.24) is 26.1 Å². The van der Waals surface area contributed by atoms with Gasteiger partial charge in [0.1, 0.15) is 6.04 Å². The lowest BCUT2D eigenvalue weighted by molar-refractivity contribution is -0.127. The maximum Gasteiger partial charge on any atom is 0.315 e. The highest BCUT2D eigenvalue weighted by molar-refractivity contribution is 5.80. The molecule has 1 aliphatic carbocycles. The van der Waals surface area contributed by atoms with Gasteiger partial charge in [-0.2, -0.15) is 4.98 Å². The molecule has 2 atom stereocenters. The molecule has 1 aromatic rings. The van der Waals surface area contributed by atoms with E-state index >= 15 is 0 Å². The van der Waals surface area contributed by atoms with Gasteiger partial charge in [-0.1, -0.05) is 25.9 Å². The smallest absolute Gasteiger partial charge is 0.315 e. The van der Waals surface area contributed by atoms with Gasteiger partial charge in [0.25, 0.3) is 0 Å². The molecular weight excluding hydrogens is 322 g/mol. The summed E-state index contributed by atoms with van der Waals surface area (Å²) in [6.07, 6.45) is 4.02. The van der Waals surface area contributed by atoms with Gasteiger partial charge in [0, 0.05) is 11.8 Å². The van der Waals surface area contributed by atoms with Gasteiger partial charge in [0.05, 0.1) is 11.6 Å². The quantitative estimate of drug-likeness (QED) is 0.772. The van der Waals surface area contributed by atoms with Crippen LogP contribution in [-0.4, -0.2) is 33.7 Å². The Hall–Kier alpha value is -2.12. The monoisotopic (exact) mass is 349 g/mol. The minimum atomic E-state index is -0.390. The number of nitrogens with one attached hydrogen (secondary N) is 3. The third kappa shape index (κ3) is 3.62. The summed E-state index contributed by atoms with van der Waals surface area (Å²) in [5.41, 5.74) is -0.472. The Morgan fingerprint density at radius 1 is 1.40 bits per heavy atom. The Morgan fingerprint density at radius 3 is 2.68 bits per heavy atom. The molecule has 0 aromatic carbocycles. The van der Waals surface area contributed by atoms with E-state index in [9.17, 15) is 9.59 Å². The molecule has 1 saturated carbocycles. The molecule has 1 aliphatic heterocycles. The van der Waals surface area contributed by atoms with Crippen molar-refractivity contribution in [3.05, 3.63) is 11.7 Å². The average molecular weight is 349 g/mol. The van der Waals surface area contributed by atoms with Crippen LogP contribution >= 0.6 is 0 Å². The molecule has 0 radical (unpaired) electrons. The van der Waals surface area contributed by atoms with E-state index in [1.807, 2.05) is 20.8 Å². The van der Waals surface area contributed by atoms with E-state index in [1.165, 1.54) is 0 Å². The second-order valence-electron chi connectivity index (χ2n) is 8.19. The van der Waals surface area contributed by atoms with Crippen LogP contribution in [0, 0.1) is 0 Å². The molecule has 25 heavy (non-hydrogen) atoms.